The van der Waals surface area contributed by atoms with Gasteiger partial charge in [0.1, 0.15) is 16.2 Å². The van der Waals surface area contributed by atoms with Gasteiger partial charge < -0.3 is 5.32 Å². The molecule has 0 atom stereocenters. The molecule has 1 N–H and O–H groups in total. The Morgan fingerprint density at radius 2 is 1.74 bits per heavy atom. The summed E-state index contributed by atoms with van der Waals surface area (Å²) in [4.78, 5) is 23.9. The van der Waals surface area contributed by atoms with Gasteiger partial charge in [-0.15, -0.1) is 11.3 Å². The summed E-state index contributed by atoms with van der Waals surface area (Å²) in [6.07, 6.45) is 1.58. The van der Waals surface area contributed by atoms with E-state index in [1.165, 1.54) is 16.6 Å². The monoisotopic (exact) mass is 441 g/mol. The van der Waals surface area contributed by atoms with E-state index in [9.17, 15) is 4.79 Å². The number of fused-ring (bicyclic) bond motifs is 2. The lowest BCUT2D eigenvalue weighted by Gasteiger charge is -2.09. The average Bonchev–Trinajstić information content (AvgIpc) is 3.15. The summed E-state index contributed by atoms with van der Waals surface area (Å²) >= 11 is 3.11. The van der Waals surface area contributed by atoms with Crippen molar-refractivity contribution in [3.63, 3.8) is 0 Å². The molecule has 0 aliphatic carbocycles. The van der Waals surface area contributed by atoms with Crippen molar-refractivity contribution in [2.75, 3.05) is 11.1 Å². The van der Waals surface area contributed by atoms with Crippen molar-refractivity contribution in [3.8, 4) is 11.1 Å². The van der Waals surface area contributed by atoms with Gasteiger partial charge in [0.15, 0.2) is 0 Å². The van der Waals surface area contributed by atoms with E-state index in [1.807, 2.05) is 60.7 Å². The van der Waals surface area contributed by atoms with E-state index >= 15 is 0 Å². The predicted molar refractivity (Wildman–Crippen MR) is 131 cm³/mol. The molecule has 0 saturated heterocycles. The van der Waals surface area contributed by atoms with Crippen LogP contribution in [-0.4, -0.2) is 21.6 Å². The number of nitrogens with zero attached hydrogens (tertiary/aromatic N) is 2. The number of hydrogen-bond donors (Lipinski definition) is 1. The second-order valence-corrected chi connectivity index (χ2v) is 9.29. The van der Waals surface area contributed by atoms with Crippen LogP contribution in [0.5, 0.6) is 0 Å². The molecule has 3 aromatic carbocycles. The Balaban J connectivity index is 1.42. The summed E-state index contributed by atoms with van der Waals surface area (Å²) in [5.74, 6) is 0.222. The van der Waals surface area contributed by atoms with Gasteiger partial charge in [-0.1, -0.05) is 78.5 Å². The summed E-state index contributed by atoms with van der Waals surface area (Å²) in [5.41, 5.74) is 3.12. The van der Waals surface area contributed by atoms with Gasteiger partial charge in [0.25, 0.3) is 0 Å². The van der Waals surface area contributed by atoms with Gasteiger partial charge in [0.2, 0.25) is 5.91 Å². The third kappa shape index (κ3) is 3.92. The number of thiophene rings is 1. The van der Waals surface area contributed by atoms with Crippen LogP contribution in [0.3, 0.4) is 0 Å². The molecule has 152 valence electrons. The van der Waals surface area contributed by atoms with Gasteiger partial charge in [-0.25, -0.2) is 9.97 Å². The quantitative estimate of drug-likeness (QED) is 0.248. The number of thioether (sulfide) groups is 1. The highest BCUT2D eigenvalue weighted by molar-refractivity contribution is 8.00. The van der Waals surface area contributed by atoms with Gasteiger partial charge in [0, 0.05) is 21.5 Å². The molecule has 0 aliphatic heterocycles. The van der Waals surface area contributed by atoms with Gasteiger partial charge in [-0.05, 0) is 23.9 Å². The first kappa shape index (κ1) is 19.7. The minimum absolute atomic E-state index is 0.0543. The van der Waals surface area contributed by atoms with Crippen molar-refractivity contribution in [2.24, 2.45) is 0 Å². The van der Waals surface area contributed by atoms with Crippen molar-refractivity contribution in [1.29, 1.82) is 0 Å². The fraction of sp³-hybridized carbons (Fsp3) is 0.0800. The number of hydrogen-bond acceptors (Lipinski definition) is 5. The first-order valence-corrected chi connectivity index (χ1v) is 11.7. The highest BCUT2D eigenvalue weighted by Crippen LogP contribution is 2.41. The summed E-state index contributed by atoms with van der Waals surface area (Å²) < 4.78 is 0. The Bertz CT molecular complexity index is 1390. The summed E-state index contributed by atoms with van der Waals surface area (Å²) in [6, 6.07) is 24.3. The van der Waals surface area contributed by atoms with E-state index in [2.05, 4.69) is 34.3 Å². The highest BCUT2D eigenvalue weighted by Gasteiger charge is 2.18. The van der Waals surface area contributed by atoms with Gasteiger partial charge in [0.05, 0.1) is 11.1 Å². The molecule has 0 saturated carbocycles. The van der Waals surface area contributed by atoms with Crippen LogP contribution in [-0.2, 0) is 4.79 Å². The van der Waals surface area contributed by atoms with E-state index in [1.54, 1.807) is 17.7 Å². The third-order valence-corrected chi connectivity index (χ3v) is 7.10. The van der Waals surface area contributed by atoms with Crippen molar-refractivity contribution >= 4 is 55.7 Å². The maximum Gasteiger partial charge on any atom is 0.234 e. The molecule has 2 heterocycles. The zero-order valence-corrected chi connectivity index (χ0v) is 18.5. The molecule has 2 aromatic heterocycles. The zero-order chi connectivity index (χ0) is 21.2. The van der Waals surface area contributed by atoms with E-state index in [4.69, 9.17) is 0 Å². The largest absolute Gasteiger partial charge is 0.325 e. The SMILES string of the molecule is Cc1sc2ncnc(SCC(=O)Nc3cccc4ccccc34)c2c1-c1ccccc1. The molecular formula is C25H19N3OS2. The van der Waals surface area contributed by atoms with Crippen LogP contribution in [0, 0.1) is 6.92 Å². The van der Waals surface area contributed by atoms with Crippen molar-refractivity contribution in [2.45, 2.75) is 11.9 Å². The van der Waals surface area contributed by atoms with Crippen molar-refractivity contribution in [1.82, 2.24) is 9.97 Å². The lowest BCUT2D eigenvalue weighted by Crippen LogP contribution is -2.14. The molecule has 0 fully saturated rings. The van der Waals surface area contributed by atoms with Crippen LogP contribution in [0.25, 0.3) is 32.1 Å². The third-order valence-electron chi connectivity index (χ3n) is 5.10. The lowest BCUT2D eigenvalue weighted by atomic mass is 10.0. The summed E-state index contributed by atoms with van der Waals surface area (Å²) in [6.45, 7) is 2.11. The molecule has 0 spiro atoms. The van der Waals surface area contributed by atoms with Crippen LogP contribution in [0.1, 0.15) is 4.88 Å². The molecule has 6 heteroatoms. The molecule has 0 aliphatic rings. The van der Waals surface area contributed by atoms with Crippen LogP contribution in [0.4, 0.5) is 5.69 Å². The Labute approximate surface area is 188 Å². The molecule has 5 rings (SSSR count). The number of aromatic nitrogens is 2. The minimum atomic E-state index is -0.0543. The van der Waals surface area contributed by atoms with E-state index in [0.717, 1.165) is 42.8 Å². The Hall–Kier alpha value is -3.22. The summed E-state index contributed by atoms with van der Waals surface area (Å²) in [7, 11) is 0. The first-order valence-electron chi connectivity index (χ1n) is 9.90. The fourth-order valence-corrected chi connectivity index (χ4v) is 5.62. The summed E-state index contributed by atoms with van der Waals surface area (Å²) in [5, 5.41) is 7.05. The number of carbonyl (C=O) groups excluding carboxylic acids is 1. The number of rotatable bonds is 5. The first-order chi connectivity index (χ1) is 15.2. The van der Waals surface area contributed by atoms with E-state index in [0.29, 0.717) is 0 Å². The lowest BCUT2D eigenvalue weighted by molar-refractivity contribution is -0.113. The highest BCUT2D eigenvalue weighted by atomic mass is 32.2. The number of amides is 1. The average molecular weight is 442 g/mol. The van der Waals surface area contributed by atoms with E-state index in [-0.39, 0.29) is 11.7 Å². The molecular weight excluding hydrogens is 422 g/mol. The second-order valence-electron chi connectivity index (χ2n) is 7.12. The van der Waals surface area contributed by atoms with Crippen LogP contribution in [0.15, 0.2) is 84.1 Å². The van der Waals surface area contributed by atoms with Crippen LogP contribution < -0.4 is 5.32 Å². The number of anilines is 1. The van der Waals surface area contributed by atoms with Gasteiger partial charge >= 0.3 is 0 Å². The Morgan fingerprint density at radius 3 is 2.61 bits per heavy atom. The molecule has 0 radical (unpaired) electrons. The normalized spacial score (nSPS) is 11.1. The smallest absolute Gasteiger partial charge is 0.234 e. The van der Waals surface area contributed by atoms with E-state index < -0.39 is 0 Å². The van der Waals surface area contributed by atoms with Gasteiger partial charge in [-0.3, -0.25) is 4.79 Å². The number of aryl methyl sites for hydroxylation is 1. The number of carbonyl (C=O) groups is 1. The standard InChI is InChI=1S/C25H19N3OS2/c1-16-22(18-9-3-2-4-10-18)23-24(26-15-27-25(23)31-16)30-14-21(29)28-20-13-7-11-17-8-5-6-12-19(17)20/h2-13,15H,14H2,1H3,(H,28,29). The topological polar surface area (TPSA) is 54.9 Å². The molecule has 4 nitrogen and oxygen atoms in total. The molecule has 0 bridgehead atoms. The van der Waals surface area contributed by atoms with Crippen molar-refractivity contribution < 1.29 is 4.79 Å². The molecule has 31 heavy (non-hydrogen) atoms. The second kappa shape index (κ2) is 8.49. The molecule has 0 unspecified atom stereocenters. The van der Waals surface area contributed by atoms with Gasteiger partial charge in [-0.2, -0.15) is 0 Å². The number of benzene rings is 3. The number of nitrogens with one attached hydrogen (secondary N) is 1. The zero-order valence-electron chi connectivity index (χ0n) is 16.8. The molecule has 1 amide bonds. The molecule has 5 aromatic rings. The Kier molecular flexibility index (Phi) is 5.40. The van der Waals surface area contributed by atoms with Crippen LogP contribution >= 0.6 is 23.1 Å². The maximum absolute atomic E-state index is 12.8. The minimum Gasteiger partial charge on any atom is -0.325 e. The van der Waals surface area contributed by atoms with Crippen molar-refractivity contribution in [3.05, 3.63) is 84.0 Å². The maximum atomic E-state index is 12.8. The fourth-order valence-electron chi connectivity index (χ4n) is 3.73. The predicted octanol–water partition coefficient (Wildman–Crippen LogP) is 6.55. The van der Waals surface area contributed by atoms with Crippen LogP contribution in [0.2, 0.25) is 0 Å². The Morgan fingerprint density at radius 1 is 0.968 bits per heavy atom.